The zero-order valence-electron chi connectivity index (χ0n) is 11.3. The van der Waals surface area contributed by atoms with Crippen molar-refractivity contribution < 1.29 is 27.8 Å². The highest BCUT2D eigenvalue weighted by Crippen LogP contribution is 2.39. The second kappa shape index (κ2) is 5.29. The highest BCUT2D eigenvalue weighted by atomic mass is 19.4. The van der Waals surface area contributed by atoms with E-state index in [1.165, 1.54) is 6.07 Å². The van der Waals surface area contributed by atoms with E-state index < -0.39 is 12.1 Å². The average molecular weight is 303 g/mol. The number of aromatic hydroxyl groups is 1. The molecule has 1 aromatic rings. The fourth-order valence-corrected chi connectivity index (χ4v) is 2.76. The van der Waals surface area contributed by atoms with Crippen LogP contribution in [0.5, 0.6) is 17.2 Å². The van der Waals surface area contributed by atoms with Crippen LogP contribution in [0, 0.1) is 5.92 Å². The smallest absolute Gasteiger partial charge is 0.391 e. The van der Waals surface area contributed by atoms with Gasteiger partial charge in [-0.15, -0.1) is 0 Å². The minimum absolute atomic E-state index is 0.0807. The molecular weight excluding hydrogens is 287 g/mol. The molecule has 0 amide bonds. The van der Waals surface area contributed by atoms with E-state index in [9.17, 15) is 18.3 Å². The van der Waals surface area contributed by atoms with Gasteiger partial charge < -0.3 is 14.6 Å². The molecule has 0 aliphatic carbocycles. The summed E-state index contributed by atoms with van der Waals surface area (Å²) in [6, 6.07) is 3.17. The summed E-state index contributed by atoms with van der Waals surface area (Å²) in [6.45, 7) is 1.28. The molecule has 0 unspecified atom stereocenters. The van der Waals surface area contributed by atoms with Crippen LogP contribution in [0.15, 0.2) is 12.1 Å². The number of phenolic OH excluding ortho intramolecular Hbond substituents is 1. The summed E-state index contributed by atoms with van der Waals surface area (Å²) in [5.74, 6) is -0.0729. The van der Waals surface area contributed by atoms with Crippen LogP contribution in [-0.4, -0.2) is 36.1 Å². The fourth-order valence-electron chi connectivity index (χ4n) is 2.76. The third-order valence-corrected chi connectivity index (χ3v) is 4.02. The highest BCUT2D eigenvalue weighted by molar-refractivity contribution is 5.51. The number of ether oxygens (including phenoxy) is 2. The molecule has 1 saturated heterocycles. The molecular formula is C14H16F3NO3. The van der Waals surface area contributed by atoms with Crippen molar-refractivity contribution >= 4 is 0 Å². The molecule has 116 valence electrons. The topological polar surface area (TPSA) is 41.9 Å². The molecule has 1 fully saturated rings. The van der Waals surface area contributed by atoms with Gasteiger partial charge in [-0.3, -0.25) is 4.90 Å². The Labute approximate surface area is 120 Å². The third kappa shape index (κ3) is 3.02. The Bertz CT molecular complexity index is 525. The Kier molecular flexibility index (Phi) is 3.61. The molecule has 21 heavy (non-hydrogen) atoms. The maximum Gasteiger partial charge on any atom is 0.391 e. The van der Waals surface area contributed by atoms with Crippen molar-refractivity contribution in [2.24, 2.45) is 5.92 Å². The summed E-state index contributed by atoms with van der Waals surface area (Å²) in [7, 11) is 0. The second-order valence-corrected chi connectivity index (χ2v) is 5.43. The van der Waals surface area contributed by atoms with E-state index in [1.807, 2.05) is 4.90 Å². The highest BCUT2D eigenvalue weighted by Gasteiger charge is 2.41. The number of benzene rings is 1. The van der Waals surface area contributed by atoms with Gasteiger partial charge in [0.2, 0.25) is 6.79 Å². The number of likely N-dealkylation sites (tertiary alicyclic amines) is 1. The third-order valence-electron chi connectivity index (χ3n) is 4.02. The number of hydrogen-bond donors (Lipinski definition) is 1. The predicted octanol–water partition coefficient (Wildman–Crippen LogP) is 2.90. The van der Waals surface area contributed by atoms with E-state index in [0.717, 1.165) is 0 Å². The number of hydrogen-bond acceptors (Lipinski definition) is 4. The number of rotatable bonds is 2. The van der Waals surface area contributed by atoms with Gasteiger partial charge in [-0.05, 0) is 32.0 Å². The molecule has 0 radical (unpaired) electrons. The zero-order chi connectivity index (χ0) is 15.0. The maximum absolute atomic E-state index is 12.6. The lowest BCUT2D eigenvalue weighted by Gasteiger charge is -2.32. The molecule has 0 spiro atoms. The average Bonchev–Trinajstić information content (AvgIpc) is 2.86. The lowest BCUT2D eigenvalue weighted by molar-refractivity contribution is -0.185. The second-order valence-electron chi connectivity index (χ2n) is 5.43. The Morgan fingerprint density at radius 1 is 1.14 bits per heavy atom. The Balaban J connectivity index is 1.63. The minimum Gasteiger partial charge on any atom is -0.507 e. The molecule has 2 heterocycles. The molecule has 0 bridgehead atoms. The first-order valence-electron chi connectivity index (χ1n) is 6.84. The first-order chi connectivity index (χ1) is 9.93. The lowest BCUT2D eigenvalue weighted by atomic mass is 9.96. The number of nitrogens with zero attached hydrogens (tertiary/aromatic N) is 1. The molecule has 2 aliphatic rings. The standard InChI is InChI=1S/C14H16F3NO3/c15-14(16,17)10-1-3-18(4-2-10)7-9-5-12-13(6-11(9)19)21-8-20-12/h5-6,10,19H,1-4,7-8H2. The van der Waals surface area contributed by atoms with Crippen LogP contribution >= 0.6 is 0 Å². The van der Waals surface area contributed by atoms with Crippen LogP contribution in [0.1, 0.15) is 18.4 Å². The van der Waals surface area contributed by atoms with Crippen molar-refractivity contribution in [3.63, 3.8) is 0 Å². The summed E-state index contributed by atoms with van der Waals surface area (Å²) in [4.78, 5) is 1.92. The summed E-state index contributed by atoms with van der Waals surface area (Å²) in [5.41, 5.74) is 0.643. The van der Waals surface area contributed by atoms with Gasteiger partial charge in [0.05, 0.1) is 5.92 Å². The Morgan fingerprint density at radius 3 is 2.38 bits per heavy atom. The quantitative estimate of drug-likeness (QED) is 0.912. The maximum atomic E-state index is 12.6. The van der Waals surface area contributed by atoms with E-state index in [2.05, 4.69) is 0 Å². The molecule has 3 rings (SSSR count). The van der Waals surface area contributed by atoms with Crippen molar-refractivity contribution in [2.75, 3.05) is 19.9 Å². The predicted molar refractivity (Wildman–Crippen MR) is 68.3 cm³/mol. The van der Waals surface area contributed by atoms with Crippen molar-refractivity contribution in [1.82, 2.24) is 4.90 Å². The van der Waals surface area contributed by atoms with Gasteiger partial charge in [0.15, 0.2) is 11.5 Å². The monoisotopic (exact) mass is 303 g/mol. The molecule has 4 nitrogen and oxygen atoms in total. The van der Waals surface area contributed by atoms with E-state index in [4.69, 9.17) is 9.47 Å². The van der Waals surface area contributed by atoms with Crippen LogP contribution in [0.2, 0.25) is 0 Å². The van der Waals surface area contributed by atoms with Crippen LogP contribution in [-0.2, 0) is 6.54 Å². The number of piperidine rings is 1. The molecule has 7 heteroatoms. The largest absolute Gasteiger partial charge is 0.507 e. The van der Waals surface area contributed by atoms with Crippen molar-refractivity contribution in [2.45, 2.75) is 25.6 Å². The van der Waals surface area contributed by atoms with Gasteiger partial charge in [-0.1, -0.05) is 0 Å². The molecule has 0 aromatic heterocycles. The van der Waals surface area contributed by atoms with Gasteiger partial charge in [0.1, 0.15) is 5.75 Å². The van der Waals surface area contributed by atoms with E-state index in [-0.39, 0.29) is 25.4 Å². The van der Waals surface area contributed by atoms with Crippen molar-refractivity contribution in [1.29, 1.82) is 0 Å². The fraction of sp³-hybridized carbons (Fsp3) is 0.571. The van der Waals surface area contributed by atoms with Crippen LogP contribution in [0.4, 0.5) is 13.2 Å². The summed E-state index contributed by atoms with van der Waals surface area (Å²) in [6.07, 6.45) is -3.89. The normalized spacial score (nSPS) is 20.0. The van der Waals surface area contributed by atoms with E-state index >= 15 is 0 Å². The molecule has 1 aromatic carbocycles. The summed E-state index contributed by atoms with van der Waals surface area (Å²) in [5, 5.41) is 9.94. The number of halogens is 3. The molecule has 0 atom stereocenters. The van der Waals surface area contributed by atoms with Crippen LogP contribution in [0.3, 0.4) is 0 Å². The van der Waals surface area contributed by atoms with Gasteiger partial charge in [-0.25, -0.2) is 0 Å². The van der Waals surface area contributed by atoms with Crippen molar-refractivity contribution in [3.8, 4) is 17.2 Å². The molecule has 2 aliphatic heterocycles. The summed E-state index contributed by atoms with van der Waals surface area (Å²) >= 11 is 0. The number of alkyl halides is 3. The Hall–Kier alpha value is -1.63. The first kappa shape index (κ1) is 14.3. The van der Waals surface area contributed by atoms with Gasteiger partial charge >= 0.3 is 6.18 Å². The lowest BCUT2D eigenvalue weighted by Crippen LogP contribution is -2.38. The van der Waals surface area contributed by atoms with Gasteiger partial charge in [-0.2, -0.15) is 13.2 Å². The van der Waals surface area contributed by atoms with E-state index in [0.29, 0.717) is 36.7 Å². The summed E-state index contributed by atoms with van der Waals surface area (Å²) < 4.78 is 48.3. The SMILES string of the molecule is Oc1cc2c(cc1CN1CCC(C(F)(F)F)CC1)OCO2. The first-order valence-corrected chi connectivity index (χ1v) is 6.84. The van der Waals surface area contributed by atoms with E-state index in [1.54, 1.807) is 6.07 Å². The number of phenols is 1. The van der Waals surface area contributed by atoms with Crippen molar-refractivity contribution in [3.05, 3.63) is 17.7 Å². The molecule has 0 saturated carbocycles. The number of fused-ring (bicyclic) bond motifs is 1. The van der Waals surface area contributed by atoms with Gasteiger partial charge in [0.25, 0.3) is 0 Å². The van der Waals surface area contributed by atoms with Gasteiger partial charge in [0, 0.05) is 18.2 Å². The Morgan fingerprint density at radius 2 is 1.76 bits per heavy atom. The molecule has 1 N–H and O–H groups in total. The van der Waals surface area contributed by atoms with Crippen LogP contribution in [0.25, 0.3) is 0 Å². The zero-order valence-corrected chi connectivity index (χ0v) is 11.3. The van der Waals surface area contributed by atoms with Crippen LogP contribution < -0.4 is 9.47 Å². The minimum atomic E-state index is -4.10.